The molecule has 2 nitrogen and oxygen atoms in total. The highest BCUT2D eigenvalue weighted by molar-refractivity contribution is 5.48. The van der Waals surface area contributed by atoms with Crippen LogP contribution in [0.5, 0.6) is 0 Å². The molecule has 18 heavy (non-hydrogen) atoms. The van der Waals surface area contributed by atoms with E-state index in [0.29, 0.717) is 0 Å². The Morgan fingerprint density at radius 3 is 2.39 bits per heavy atom. The largest absolute Gasteiger partial charge is 0.375 e. The van der Waals surface area contributed by atoms with E-state index in [4.69, 9.17) is 0 Å². The van der Waals surface area contributed by atoms with Crippen LogP contribution in [0.25, 0.3) is 0 Å². The number of anilines is 1. The molecule has 0 aliphatic heterocycles. The predicted octanol–water partition coefficient (Wildman–Crippen LogP) is 4.30. The molecule has 0 atom stereocenters. The van der Waals surface area contributed by atoms with Gasteiger partial charge in [-0.05, 0) is 43.0 Å². The van der Waals surface area contributed by atoms with Gasteiger partial charge in [0.25, 0.3) is 0 Å². The zero-order valence-corrected chi connectivity index (χ0v) is 11.9. The Labute approximate surface area is 111 Å². The van der Waals surface area contributed by atoms with Gasteiger partial charge in [-0.1, -0.05) is 38.8 Å². The van der Waals surface area contributed by atoms with E-state index >= 15 is 0 Å². The van der Waals surface area contributed by atoms with Crippen molar-refractivity contribution in [3.63, 3.8) is 0 Å². The molecule has 0 radical (unpaired) electrons. The molecule has 0 amide bonds. The molecule has 0 saturated carbocycles. The molecule has 0 bridgehead atoms. The second kappa shape index (κ2) is 8.62. The summed E-state index contributed by atoms with van der Waals surface area (Å²) in [6.07, 6.45) is 8.17. The van der Waals surface area contributed by atoms with E-state index in [1.165, 1.54) is 31.2 Å². The van der Waals surface area contributed by atoms with Crippen LogP contribution in [0.1, 0.15) is 45.1 Å². The van der Waals surface area contributed by atoms with Gasteiger partial charge in [0.2, 0.25) is 0 Å². The van der Waals surface area contributed by atoms with Crippen LogP contribution in [-0.4, -0.2) is 7.05 Å². The molecule has 0 fully saturated rings. The van der Waals surface area contributed by atoms with Crippen molar-refractivity contribution in [2.24, 2.45) is 0 Å². The van der Waals surface area contributed by atoms with Crippen molar-refractivity contribution in [1.82, 2.24) is 5.32 Å². The second-order valence-corrected chi connectivity index (χ2v) is 4.58. The number of benzene rings is 1. The van der Waals surface area contributed by atoms with Gasteiger partial charge in [0, 0.05) is 12.7 Å². The van der Waals surface area contributed by atoms with Gasteiger partial charge in [-0.15, -0.1) is 0 Å². The summed E-state index contributed by atoms with van der Waals surface area (Å²) in [6.45, 7) is 4.42. The number of nitrogens with one attached hydrogen (secondary N) is 2. The number of hydrogen-bond acceptors (Lipinski definition) is 2. The number of allylic oxidation sites excluding steroid dienone is 1. The molecule has 0 heterocycles. The molecule has 2 N–H and O–H groups in total. The van der Waals surface area contributed by atoms with Crippen LogP contribution in [0, 0.1) is 0 Å². The van der Waals surface area contributed by atoms with E-state index in [1.54, 1.807) is 0 Å². The monoisotopic (exact) mass is 246 g/mol. The standard InChI is InChI=1S/C16H26N2/c1-4-6-8-14-10-12-15(13-11-14)18-16(17-3)9-7-5-2/h9-13,17-18H,4-8H2,1-3H3/b16-9-. The summed E-state index contributed by atoms with van der Waals surface area (Å²) in [4.78, 5) is 0. The zero-order chi connectivity index (χ0) is 13.2. The molecule has 100 valence electrons. The Bertz CT molecular complexity index is 352. The number of unbranched alkanes of at least 4 members (excludes halogenated alkanes) is 2. The summed E-state index contributed by atoms with van der Waals surface area (Å²) in [5.41, 5.74) is 2.57. The highest BCUT2D eigenvalue weighted by atomic mass is 15.1. The van der Waals surface area contributed by atoms with Gasteiger partial charge in [0.15, 0.2) is 0 Å². The van der Waals surface area contributed by atoms with Crippen LogP contribution in [0.15, 0.2) is 36.2 Å². The summed E-state index contributed by atoms with van der Waals surface area (Å²) in [6, 6.07) is 8.74. The van der Waals surface area contributed by atoms with Crippen molar-refractivity contribution in [1.29, 1.82) is 0 Å². The quantitative estimate of drug-likeness (QED) is 0.714. The molecule has 2 heteroatoms. The minimum absolute atomic E-state index is 1.08. The lowest BCUT2D eigenvalue weighted by Gasteiger charge is -2.11. The van der Waals surface area contributed by atoms with Crippen LogP contribution in [0.3, 0.4) is 0 Å². The fourth-order valence-corrected chi connectivity index (χ4v) is 1.80. The Balaban J connectivity index is 2.56. The van der Waals surface area contributed by atoms with Gasteiger partial charge in [-0.25, -0.2) is 0 Å². The van der Waals surface area contributed by atoms with Crippen molar-refractivity contribution in [2.75, 3.05) is 12.4 Å². The van der Waals surface area contributed by atoms with Gasteiger partial charge >= 0.3 is 0 Å². The summed E-state index contributed by atoms with van der Waals surface area (Å²) in [5.74, 6) is 1.08. The first-order valence-corrected chi connectivity index (χ1v) is 7.04. The Kier molecular flexibility index (Phi) is 7.00. The lowest BCUT2D eigenvalue weighted by atomic mass is 10.1. The highest BCUT2D eigenvalue weighted by Crippen LogP contribution is 2.13. The van der Waals surface area contributed by atoms with Gasteiger partial charge in [0.05, 0.1) is 5.82 Å². The molecule has 1 rings (SSSR count). The van der Waals surface area contributed by atoms with Crippen LogP contribution in [0.4, 0.5) is 5.69 Å². The number of rotatable bonds is 8. The average Bonchev–Trinajstić information content (AvgIpc) is 2.42. The summed E-state index contributed by atoms with van der Waals surface area (Å²) >= 11 is 0. The van der Waals surface area contributed by atoms with E-state index < -0.39 is 0 Å². The lowest BCUT2D eigenvalue weighted by Crippen LogP contribution is -2.14. The van der Waals surface area contributed by atoms with Crippen molar-refractivity contribution < 1.29 is 0 Å². The molecule has 1 aromatic rings. The Morgan fingerprint density at radius 1 is 1.11 bits per heavy atom. The third-order valence-corrected chi connectivity index (χ3v) is 2.96. The normalized spacial score (nSPS) is 11.4. The number of aryl methyl sites for hydroxylation is 1. The smallest absolute Gasteiger partial charge is 0.0987 e. The molecule has 0 unspecified atom stereocenters. The third kappa shape index (κ3) is 5.26. The maximum atomic E-state index is 3.40. The average molecular weight is 246 g/mol. The van der Waals surface area contributed by atoms with Crippen molar-refractivity contribution in [3.05, 3.63) is 41.7 Å². The van der Waals surface area contributed by atoms with Crippen molar-refractivity contribution in [3.8, 4) is 0 Å². The Morgan fingerprint density at radius 2 is 1.83 bits per heavy atom. The molecular formula is C16H26N2. The first-order valence-electron chi connectivity index (χ1n) is 7.04. The fourth-order valence-electron chi connectivity index (χ4n) is 1.80. The summed E-state index contributed by atoms with van der Waals surface area (Å²) < 4.78 is 0. The van der Waals surface area contributed by atoms with Crippen molar-refractivity contribution in [2.45, 2.75) is 46.0 Å². The summed E-state index contributed by atoms with van der Waals surface area (Å²) in [5, 5.41) is 6.58. The van der Waals surface area contributed by atoms with E-state index in [2.05, 4.69) is 54.8 Å². The SMILES string of the molecule is CCC/C=C(/NC)Nc1ccc(CCCC)cc1. The molecular weight excluding hydrogens is 220 g/mol. The molecule has 0 aliphatic rings. The van der Waals surface area contributed by atoms with Crippen LogP contribution < -0.4 is 10.6 Å². The third-order valence-electron chi connectivity index (χ3n) is 2.96. The van der Waals surface area contributed by atoms with E-state index in [0.717, 1.165) is 17.9 Å². The maximum Gasteiger partial charge on any atom is 0.0987 e. The van der Waals surface area contributed by atoms with E-state index in [1.807, 2.05) is 7.05 Å². The fraction of sp³-hybridized carbons (Fsp3) is 0.500. The molecule has 0 saturated heterocycles. The second-order valence-electron chi connectivity index (χ2n) is 4.58. The minimum atomic E-state index is 1.08. The van der Waals surface area contributed by atoms with Gasteiger partial charge in [-0.2, -0.15) is 0 Å². The lowest BCUT2D eigenvalue weighted by molar-refractivity contribution is 0.795. The molecule has 1 aromatic carbocycles. The maximum absolute atomic E-state index is 3.40. The van der Waals surface area contributed by atoms with Crippen LogP contribution >= 0.6 is 0 Å². The highest BCUT2D eigenvalue weighted by Gasteiger charge is 1.97. The van der Waals surface area contributed by atoms with Gasteiger partial charge in [-0.3, -0.25) is 0 Å². The Hall–Kier alpha value is -1.44. The van der Waals surface area contributed by atoms with Crippen LogP contribution in [-0.2, 0) is 6.42 Å². The van der Waals surface area contributed by atoms with Gasteiger partial charge < -0.3 is 10.6 Å². The first-order chi connectivity index (χ1) is 8.80. The predicted molar refractivity (Wildman–Crippen MR) is 80.7 cm³/mol. The van der Waals surface area contributed by atoms with E-state index in [9.17, 15) is 0 Å². The van der Waals surface area contributed by atoms with E-state index in [-0.39, 0.29) is 0 Å². The van der Waals surface area contributed by atoms with Gasteiger partial charge in [0.1, 0.15) is 0 Å². The molecule has 0 spiro atoms. The topological polar surface area (TPSA) is 24.1 Å². The van der Waals surface area contributed by atoms with Crippen molar-refractivity contribution >= 4 is 5.69 Å². The first kappa shape index (κ1) is 14.6. The zero-order valence-electron chi connectivity index (χ0n) is 11.9. The van der Waals surface area contributed by atoms with Crippen LogP contribution in [0.2, 0.25) is 0 Å². The molecule has 0 aromatic heterocycles. The molecule has 0 aliphatic carbocycles. The summed E-state index contributed by atoms with van der Waals surface area (Å²) in [7, 11) is 1.95. The number of hydrogen-bond donors (Lipinski definition) is 2. The minimum Gasteiger partial charge on any atom is -0.375 e.